The molecule has 0 rings (SSSR count). The Morgan fingerprint density at radius 1 is 1.09 bits per heavy atom. The zero-order valence-corrected chi connectivity index (χ0v) is 7.51. The van der Waals surface area contributed by atoms with Gasteiger partial charge in [-0.2, -0.15) is 0 Å². The molecule has 0 atom stereocenters. The second kappa shape index (κ2) is 8.66. The predicted octanol–water partition coefficient (Wildman–Crippen LogP) is -1.15. The number of hydrogen-bond acceptors (Lipinski definition) is 3. The largest absolute Gasteiger partial charge is 0.528 e. The fourth-order valence-electron chi connectivity index (χ4n) is 0.500. The van der Waals surface area contributed by atoms with Crippen molar-refractivity contribution in [1.82, 2.24) is 0 Å². The molecule has 0 fully saturated rings. The summed E-state index contributed by atoms with van der Waals surface area (Å²) in [5.74, 6) is 0. The third-order valence-electron chi connectivity index (χ3n) is 1.10. The van der Waals surface area contributed by atoms with Crippen LogP contribution in [0.5, 0.6) is 0 Å². The SMILES string of the molecule is C=C[Si](OC)(OC)OC.O.[MgH2]. The van der Waals surface area contributed by atoms with Crippen LogP contribution >= 0.6 is 0 Å². The Morgan fingerprint density at radius 2 is 1.36 bits per heavy atom. The highest BCUT2D eigenvalue weighted by molar-refractivity contribution is 6.66. The van der Waals surface area contributed by atoms with Gasteiger partial charge in [0.25, 0.3) is 0 Å². The molecule has 6 heteroatoms. The second-order valence-corrected chi connectivity index (χ2v) is 4.26. The van der Waals surface area contributed by atoms with Crippen molar-refractivity contribution in [3.63, 3.8) is 0 Å². The third-order valence-corrected chi connectivity index (χ3v) is 3.31. The van der Waals surface area contributed by atoms with Gasteiger partial charge in [-0.25, -0.2) is 0 Å². The lowest BCUT2D eigenvalue weighted by Gasteiger charge is -2.19. The van der Waals surface area contributed by atoms with Crippen molar-refractivity contribution in [2.45, 2.75) is 0 Å². The van der Waals surface area contributed by atoms with Gasteiger partial charge < -0.3 is 18.8 Å². The molecule has 0 saturated carbocycles. The Labute approximate surface area is 84.4 Å². The second-order valence-electron chi connectivity index (χ2n) is 1.42. The van der Waals surface area contributed by atoms with Crippen LogP contribution in [0.3, 0.4) is 0 Å². The molecule has 0 aromatic carbocycles. The van der Waals surface area contributed by atoms with E-state index in [0.717, 1.165) is 0 Å². The van der Waals surface area contributed by atoms with Crippen molar-refractivity contribution >= 4 is 31.9 Å². The van der Waals surface area contributed by atoms with Gasteiger partial charge in [0.15, 0.2) is 0 Å². The molecule has 11 heavy (non-hydrogen) atoms. The van der Waals surface area contributed by atoms with Crippen LogP contribution in [0.2, 0.25) is 0 Å². The molecule has 0 spiro atoms. The zero-order valence-electron chi connectivity index (χ0n) is 6.51. The molecule has 0 aliphatic rings. The highest BCUT2D eigenvalue weighted by Crippen LogP contribution is 2.04. The lowest BCUT2D eigenvalue weighted by Crippen LogP contribution is -2.40. The Balaban J connectivity index is -0.000000320. The van der Waals surface area contributed by atoms with Gasteiger partial charge in [0.05, 0.1) is 0 Å². The Bertz CT molecular complexity index is 88.2. The summed E-state index contributed by atoms with van der Waals surface area (Å²) in [4.78, 5) is 0. The zero-order chi connectivity index (χ0) is 7.33. The summed E-state index contributed by atoms with van der Waals surface area (Å²) in [7, 11) is 2.20. The minimum atomic E-state index is -2.43. The normalized spacial score (nSPS) is 9.36. The van der Waals surface area contributed by atoms with Crippen molar-refractivity contribution in [2.24, 2.45) is 0 Å². The number of rotatable bonds is 4. The molecular formula is C5H16MgO4Si. The minimum Gasteiger partial charge on any atom is -0.412 e. The Morgan fingerprint density at radius 3 is 1.36 bits per heavy atom. The van der Waals surface area contributed by atoms with Crippen LogP contribution in [-0.2, 0) is 13.3 Å². The van der Waals surface area contributed by atoms with Crippen LogP contribution in [0.25, 0.3) is 0 Å². The van der Waals surface area contributed by atoms with E-state index in [4.69, 9.17) is 13.3 Å². The first-order valence-corrected chi connectivity index (χ1v) is 4.34. The van der Waals surface area contributed by atoms with Crippen LogP contribution in [-0.4, -0.2) is 58.7 Å². The average Bonchev–Trinajstić information content (AvgIpc) is 1.95. The van der Waals surface area contributed by atoms with Crippen molar-refractivity contribution in [3.05, 3.63) is 12.3 Å². The first-order chi connectivity index (χ1) is 4.24. The smallest absolute Gasteiger partial charge is 0.412 e. The van der Waals surface area contributed by atoms with Gasteiger partial charge in [0, 0.05) is 21.3 Å². The van der Waals surface area contributed by atoms with Crippen molar-refractivity contribution in [3.8, 4) is 0 Å². The van der Waals surface area contributed by atoms with E-state index in [0.29, 0.717) is 0 Å². The van der Waals surface area contributed by atoms with Crippen LogP contribution in [0.1, 0.15) is 0 Å². The first kappa shape index (κ1) is 17.6. The maximum atomic E-state index is 4.96. The molecular weight excluding hydrogens is 176 g/mol. The summed E-state index contributed by atoms with van der Waals surface area (Å²) in [6.45, 7) is 3.53. The molecule has 0 amide bonds. The standard InChI is InChI=1S/C5H12O3Si.Mg.H2O.2H/c1-5-9(6-2,7-3)8-4;;;;/h5H,1H2,2-4H3;;1H2;;. The van der Waals surface area contributed by atoms with E-state index in [1.807, 2.05) is 0 Å². The van der Waals surface area contributed by atoms with Gasteiger partial charge >= 0.3 is 31.9 Å². The fraction of sp³-hybridized carbons (Fsp3) is 0.600. The van der Waals surface area contributed by atoms with Crippen molar-refractivity contribution in [1.29, 1.82) is 0 Å². The van der Waals surface area contributed by atoms with E-state index in [1.54, 1.807) is 27.0 Å². The maximum absolute atomic E-state index is 4.96. The van der Waals surface area contributed by atoms with E-state index in [9.17, 15) is 0 Å². The lowest BCUT2D eigenvalue weighted by molar-refractivity contribution is 0.138. The molecule has 0 aliphatic heterocycles. The molecule has 66 valence electrons. The molecule has 0 radical (unpaired) electrons. The average molecular weight is 193 g/mol. The van der Waals surface area contributed by atoms with Crippen LogP contribution in [0.15, 0.2) is 12.3 Å². The van der Waals surface area contributed by atoms with Gasteiger partial charge in [-0.15, -0.1) is 0 Å². The molecule has 0 aromatic rings. The monoisotopic (exact) mass is 192 g/mol. The molecule has 0 bridgehead atoms. The van der Waals surface area contributed by atoms with Crippen LogP contribution < -0.4 is 0 Å². The summed E-state index contributed by atoms with van der Waals surface area (Å²) in [6.07, 6.45) is 0. The molecule has 0 heterocycles. The molecule has 0 aromatic heterocycles. The van der Waals surface area contributed by atoms with Crippen molar-refractivity contribution < 1.29 is 18.8 Å². The van der Waals surface area contributed by atoms with E-state index in [1.165, 1.54) is 0 Å². The van der Waals surface area contributed by atoms with Gasteiger partial charge in [-0.1, -0.05) is 6.58 Å². The highest BCUT2D eigenvalue weighted by atomic mass is 28.4. The van der Waals surface area contributed by atoms with E-state index in [-0.39, 0.29) is 28.5 Å². The molecule has 0 aliphatic carbocycles. The summed E-state index contributed by atoms with van der Waals surface area (Å²) >= 11 is 0. The van der Waals surface area contributed by atoms with E-state index < -0.39 is 8.80 Å². The molecule has 2 N–H and O–H groups in total. The highest BCUT2D eigenvalue weighted by Gasteiger charge is 2.33. The Hall–Kier alpha value is 0.563. The van der Waals surface area contributed by atoms with Crippen molar-refractivity contribution in [2.75, 3.05) is 21.3 Å². The molecule has 0 saturated heterocycles. The topological polar surface area (TPSA) is 59.2 Å². The van der Waals surface area contributed by atoms with Crippen LogP contribution in [0.4, 0.5) is 0 Å². The van der Waals surface area contributed by atoms with Gasteiger partial charge in [0.2, 0.25) is 0 Å². The minimum absolute atomic E-state index is 0. The third kappa shape index (κ3) is 4.91. The summed E-state index contributed by atoms with van der Waals surface area (Å²) in [5.41, 5.74) is 1.58. The lowest BCUT2D eigenvalue weighted by atomic mass is 11.3. The van der Waals surface area contributed by atoms with Crippen LogP contribution in [0, 0.1) is 0 Å². The van der Waals surface area contributed by atoms with E-state index >= 15 is 0 Å². The fourth-order valence-corrected chi connectivity index (χ4v) is 1.50. The summed E-state index contributed by atoms with van der Waals surface area (Å²) in [6, 6.07) is 0. The molecule has 0 unspecified atom stereocenters. The Kier molecular flexibility index (Phi) is 13.8. The predicted molar refractivity (Wildman–Crippen MR) is 49.1 cm³/mol. The summed E-state index contributed by atoms with van der Waals surface area (Å²) in [5, 5.41) is 0. The maximum Gasteiger partial charge on any atom is 0.528 e. The number of hydrogen-bond donors (Lipinski definition) is 0. The van der Waals surface area contributed by atoms with Gasteiger partial charge in [-0.05, 0) is 5.70 Å². The van der Waals surface area contributed by atoms with Gasteiger partial charge in [0.1, 0.15) is 0 Å². The van der Waals surface area contributed by atoms with E-state index in [2.05, 4.69) is 6.58 Å². The van der Waals surface area contributed by atoms with Gasteiger partial charge in [-0.3, -0.25) is 0 Å². The first-order valence-electron chi connectivity index (χ1n) is 2.53. The summed E-state index contributed by atoms with van der Waals surface area (Å²) < 4.78 is 14.9. The quantitative estimate of drug-likeness (QED) is 0.529. The molecule has 4 nitrogen and oxygen atoms in total.